The van der Waals surface area contributed by atoms with E-state index >= 15 is 0 Å². The predicted octanol–water partition coefficient (Wildman–Crippen LogP) is 9.07. The van der Waals surface area contributed by atoms with Crippen LogP contribution in [0, 0.1) is 0 Å². The normalized spacial score (nSPS) is 14.6. The molecule has 262 valence electrons. The van der Waals surface area contributed by atoms with Crippen LogP contribution in [-0.4, -0.2) is 57.3 Å². The molecule has 5 N–H and O–H groups in total. The van der Waals surface area contributed by atoms with Gasteiger partial charge in [0.05, 0.1) is 18.8 Å². The Hall–Kier alpha value is -0.950. The molecule has 0 rings (SSSR count). The molecule has 0 saturated heterocycles. The van der Waals surface area contributed by atoms with E-state index < -0.39 is 36.9 Å². The van der Waals surface area contributed by atoms with Crippen molar-refractivity contribution in [2.45, 2.75) is 218 Å². The Kier molecular flexibility index (Phi) is 32.7. The van der Waals surface area contributed by atoms with E-state index in [1.807, 2.05) is 0 Å². The standard InChI is InChI=1S/C38H75NO5/c1-3-5-7-9-11-13-15-17-18-19-20-22-24-26-28-30-32-36(42)38(44)39-34(33-40)37(43)35(41)31-29-27-25-23-21-16-14-12-10-8-6-4-2/h23,25,34-37,40-43H,3-22,24,26-33H2,1-2H3,(H,39,44)/b25-23+. The Morgan fingerprint density at radius 2 is 0.932 bits per heavy atom. The number of aliphatic hydroxyl groups is 4. The molecule has 6 nitrogen and oxygen atoms in total. The van der Waals surface area contributed by atoms with Gasteiger partial charge in [-0.05, 0) is 38.5 Å². The molecule has 0 aromatic carbocycles. The number of allylic oxidation sites excluding steroid dienone is 2. The van der Waals surface area contributed by atoms with Crippen molar-refractivity contribution in [3.05, 3.63) is 12.2 Å². The zero-order chi connectivity index (χ0) is 32.5. The van der Waals surface area contributed by atoms with Gasteiger partial charge in [-0.25, -0.2) is 0 Å². The summed E-state index contributed by atoms with van der Waals surface area (Å²) in [6.45, 7) is 4.01. The first-order valence-electron chi connectivity index (χ1n) is 19.1. The third-order valence-corrected chi connectivity index (χ3v) is 8.98. The molecule has 0 fully saturated rings. The maximum Gasteiger partial charge on any atom is 0.249 e. The minimum absolute atomic E-state index is 0.367. The highest BCUT2D eigenvalue weighted by Crippen LogP contribution is 2.15. The monoisotopic (exact) mass is 626 g/mol. The van der Waals surface area contributed by atoms with Crippen molar-refractivity contribution >= 4 is 5.91 Å². The Bertz CT molecular complexity index is 628. The van der Waals surface area contributed by atoms with Crippen LogP contribution in [0.3, 0.4) is 0 Å². The summed E-state index contributed by atoms with van der Waals surface area (Å²) in [5.41, 5.74) is 0. The molecule has 6 heteroatoms. The summed E-state index contributed by atoms with van der Waals surface area (Å²) in [4.78, 5) is 12.4. The maximum absolute atomic E-state index is 12.4. The number of amides is 1. The Morgan fingerprint density at radius 3 is 1.36 bits per heavy atom. The van der Waals surface area contributed by atoms with Gasteiger partial charge in [0.25, 0.3) is 0 Å². The van der Waals surface area contributed by atoms with E-state index in [4.69, 9.17) is 0 Å². The molecule has 0 bridgehead atoms. The number of unbranched alkanes of at least 4 members (excludes halogenated alkanes) is 23. The summed E-state index contributed by atoms with van der Waals surface area (Å²) in [5.74, 6) is -0.593. The minimum Gasteiger partial charge on any atom is -0.394 e. The van der Waals surface area contributed by atoms with E-state index in [2.05, 4.69) is 31.3 Å². The Morgan fingerprint density at radius 1 is 0.545 bits per heavy atom. The van der Waals surface area contributed by atoms with E-state index in [0.717, 1.165) is 38.5 Å². The molecule has 0 radical (unpaired) electrons. The number of carbonyl (C=O) groups is 1. The van der Waals surface area contributed by atoms with E-state index in [-0.39, 0.29) is 0 Å². The number of rotatable bonds is 34. The van der Waals surface area contributed by atoms with Crippen LogP contribution in [0.15, 0.2) is 12.2 Å². The molecule has 4 unspecified atom stereocenters. The minimum atomic E-state index is -1.27. The van der Waals surface area contributed by atoms with Crippen LogP contribution in [0.25, 0.3) is 0 Å². The van der Waals surface area contributed by atoms with Crippen molar-refractivity contribution in [1.29, 1.82) is 0 Å². The van der Waals surface area contributed by atoms with Gasteiger partial charge < -0.3 is 25.7 Å². The lowest BCUT2D eigenvalue weighted by atomic mass is 10.00. The number of nitrogens with one attached hydrogen (secondary N) is 1. The molecule has 0 aromatic heterocycles. The molecule has 0 aliphatic carbocycles. The van der Waals surface area contributed by atoms with Crippen LogP contribution < -0.4 is 5.32 Å². The fourth-order valence-electron chi connectivity index (χ4n) is 5.87. The van der Waals surface area contributed by atoms with E-state index in [1.54, 1.807) is 0 Å². The summed E-state index contributed by atoms with van der Waals surface area (Å²) in [5, 5.41) is 43.4. The lowest BCUT2D eigenvalue weighted by molar-refractivity contribution is -0.132. The van der Waals surface area contributed by atoms with Gasteiger partial charge in [-0.2, -0.15) is 0 Å². The Balaban J connectivity index is 3.81. The van der Waals surface area contributed by atoms with E-state index in [0.29, 0.717) is 12.8 Å². The average molecular weight is 626 g/mol. The first-order chi connectivity index (χ1) is 21.5. The van der Waals surface area contributed by atoms with Gasteiger partial charge in [0.2, 0.25) is 5.91 Å². The molecule has 4 atom stereocenters. The van der Waals surface area contributed by atoms with Gasteiger partial charge in [-0.1, -0.05) is 167 Å². The summed E-state index contributed by atoms with van der Waals surface area (Å²) in [6.07, 6.45) is 33.8. The lowest BCUT2D eigenvalue weighted by Gasteiger charge is -2.27. The summed E-state index contributed by atoms with van der Waals surface area (Å²) in [6, 6.07) is -0.995. The van der Waals surface area contributed by atoms with Gasteiger partial charge in [-0.15, -0.1) is 0 Å². The topological polar surface area (TPSA) is 110 Å². The smallest absolute Gasteiger partial charge is 0.249 e. The van der Waals surface area contributed by atoms with Crippen LogP contribution in [0.4, 0.5) is 0 Å². The highest BCUT2D eigenvalue weighted by molar-refractivity contribution is 5.80. The van der Waals surface area contributed by atoms with Crippen molar-refractivity contribution in [1.82, 2.24) is 5.32 Å². The number of hydrogen-bond donors (Lipinski definition) is 5. The maximum atomic E-state index is 12.4. The zero-order valence-corrected chi connectivity index (χ0v) is 29.2. The molecule has 1 amide bonds. The van der Waals surface area contributed by atoms with Crippen molar-refractivity contribution in [2.24, 2.45) is 0 Å². The van der Waals surface area contributed by atoms with Gasteiger partial charge in [0.1, 0.15) is 12.2 Å². The van der Waals surface area contributed by atoms with Crippen LogP contribution in [0.2, 0.25) is 0 Å². The SMILES string of the molecule is CCCCCCCCC/C=C/CCCC(O)C(O)C(CO)NC(=O)C(O)CCCCCCCCCCCCCCCCCC. The van der Waals surface area contributed by atoms with E-state index in [1.165, 1.54) is 128 Å². The summed E-state index contributed by atoms with van der Waals surface area (Å²) >= 11 is 0. The van der Waals surface area contributed by atoms with Gasteiger partial charge in [0, 0.05) is 0 Å². The first kappa shape index (κ1) is 43.0. The van der Waals surface area contributed by atoms with Crippen molar-refractivity contribution in [2.75, 3.05) is 6.61 Å². The van der Waals surface area contributed by atoms with Crippen molar-refractivity contribution < 1.29 is 25.2 Å². The Labute approximate surface area is 272 Å². The van der Waals surface area contributed by atoms with Crippen LogP contribution in [0.5, 0.6) is 0 Å². The second kappa shape index (κ2) is 33.4. The predicted molar refractivity (Wildman–Crippen MR) is 187 cm³/mol. The highest BCUT2D eigenvalue weighted by Gasteiger charge is 2.28. The molecular formula is C38H75NO5. The second-order valence-electron chi connectivity index (χ2n) is 13.3. The lowest BCUT2D eigenvalue weighted by Crippen LogP contribution is -2.53. The van der Waals surface area contributed by atoms with Crippen LogP contribution >= 0.6 is 0 Å². The van der Waals surface area contributed by atoms with Gasteiger partial charge in [-0.3, -0.25) is 4.79 Å². The quantitative estimate of drug-likeness (QED) is 0.0362. The third-order valence-electron chi connectivity index (χ3n) is 8.98. The molecule has 0 spiro atoms. The molecule has 0 saturated carbocycles. The summed E-state index contributed by atoms with van der Waals surface area (Å²) < 4.78 is 0. The van der Waals surface area contributed by atoms with Gasteiger partial charge >= 0.3 is 0 Å². The van der Waals surface area contributed by atoms with Crippen molar-refractivity contribution in [3.63, 3.8) is 0 Å². The third kappa shape index (κ3) is 27.4. The number of hydrogen-bond acceptors (Lipinski definition) is 5. The van der Waals surface area contributed by atoms with Crippen LogP contribution in [0.1, 0.15) is 194 Å². The average Bonchev–Trinajstić information content (AvgIpc) is 3.03. The molecule has 0 aliphatic heterocycles. The fraction of sp³-hybridized carbons (Fsp3) is 0.921. The van der Waals surface area contributed by atoms with E-state index in [9.17, 15) is 25.2 Å². The van der Waals surface area contributed by atoms with Crippen LogP contribution in [-0.2, 0) is 4.79 Å². The first-order valence-corrected chi connectivity index (χ1v) is 19.1. The van der Waals surface area contributed by atoms with Gasteiger partial charge in [0.15, 0.2) is 0 Å². The second-order valence-corrected chi connectivity index (χ2v) is 13.3. The molecule has 0 aliphatic rings. The zero-order valence-electron chi connectivity index (χ0n) is 29.2. The largest absolute Gasteiger partial charge is 0.394 e. The van der Waals surface area contributed by atoms with Crippen molar-refractivity contribution in [3.8, 4) is 0 Å². The molecule has 44 heavy (non-hydrogen) atoms. The number of aliphatic hydroxyl groups excluding tert-OH is 4. The summed E-state index contributed by atoms with van der Waals surface area (Å²) in [7, 11) is 0. The molecular weight excluding hydrogens is 550 g/mol. The highest BCUT2D eigenvalue weighted by atomic mass is 16.3. The fourth-order valence-corrected chi connectivity index (χ4v) is 5.87. The number of carbonyl (C=O) groups excluding carboxylic acids is 1. The molecule has 0 heterocycles. The molecule has 0 aromatic rings.